The SMILES string of the molecule is COC(=N)c1cn(C2O[C@H](CO)[C@@H](O)[C@H]2O)c2ncnc(N)c12. The number of aromatic nitrogens is 3. The molecule has 1 saturated heterocycles. The van der Waals surface area contributed by atoms with Crippen molar-refractivity contribution in [3.63, 3.8) is 0 Å². The Balaban J connectivity index is 2.16. The molecule has 1 unspecified atom stereocenters. The van der Waals surface area contributed by atoms with Gasteiger partial charge in [0.25, 0.3) is 0 Å². The van der Waals surface area contributed by atoms with Crippen LogP contribution in [0.4, 0.5) is 5.82 Å². The van der Waals surface area contributed by atoms with Crippen LogP contribution in [0.25, 0.3) is 11.0 Å². The van der Waals surface area contributed by atoms with Crippen molar-refractivity contribution in [1.29, 1.82) is 5.41 Å². The molecule has 0 aliphatic carbocycles. The predicted molar refractivity (Wildman–Crippen MR) is 78.8 cm³/mol. The van der Waals surface area contributed by atoms with Crippen LogP contribution in [0.5, 0.6) is 0 Å². The van der Waals surface area contributed by atoms with Gasteiger partial charge in [-0.3, -0.25) is 5.41 Å². The molecule has 1 aliphatic rings. The Morgan fingerprint density at radius 2 is 2.17 bits per heavy atom. The molecule has 1 aliphatic heterocycles. The number of rotatable bonds is 3. The van der Waals surface area contributed by atoms with Crippen LogP contribution in [0.1, 0.15) is 11.8 Å². The minimum Gasteiger partial charge on any atom is -0.481 e. The molecule has 0 saturated carbocycles. The lowest BCUT2D eigenvalue weighted by Crippen LogP contribution is -2.33. The van der Waals surface area contributed by atoms with E-state index in [1.807, 2.05) is 0 Å². The molecule has 1 fully saturated rings. The molecule has 2 aromatic rings. The van der Waals surface area contributed by atoms with E-state index < -0.39 is 31.1 Å². The van der Waals surface area contributed by atoms with Gasteiger partial charge in [0.05, 0.1) is 24.7 Å². The number of nitrogen functional groups attached to an aromatic ring is 1. The number of hydrogen-bond acceptors (Lipinski definition) is 9. The van der Waals surface area contributed by atoms with Crippen LogP contribution >= 0.6 is 0 Å². The van der Waals surface area contributed by atoms with Gasteiger partial charge in [-0.2, -0.15) is 0 Å². The molecule has 0 radical (unpaired) electrons. The molecular weight excluding hydrogens is 306 g/mol. The monoisotopic (exact) mass is 323 g/mol. The number of nitrogens with zero attached hydrogens (tertiary/aromatic N) is 3. The lowest BCUT2D eigenvalue weighted by Gasteiger charge is -2.17. The van der Waals surface area contributed by atoms with Gasteiger partial charge < -0.3 is 35.1 Å². The van der Waals surface area contributed by atoms with Crippen LogP contribution in [0.3, 0.4) is 0 Å². The number of methoxy groups -OCH3 is 1. The Labute approximate surface area is 130 Å². The molecule has 2 aromatic heterocycles. The molecule has 6 N–H and O–H groups in total. The van der Waals surface area contributed by atoms with Crippen molar-refractivity contribution in [3.8, 4) is 0 Å². The van der Waals surface area contributed by atoms with Gasteiger partial charge in [0.2, 0.25) is 5.90 Å². The highest BCUT2D eigenvalue weighted by molar-refractivity contribution is 6.08. The first-order chi connectivity index (χ1) is 11.0. The van der Waals surface area contributed by atoms with E-state index in [2.05, 4.69) is 9.97 Å². The second kappa shape index (κ2) is 5.74. The van der Waals surface area contributed by atoms with Crippen LogP contribution in [-0.2, 0) is 9.47 Å². The van der Waals surface area contributed by atoms with E-state index in [0.717, 1.165) is 0 Å². The number of nitrogens with one attached hydrogen (secondary N) is 1. The fraction of sp³-hybridized carbons (Fsp3) is 0.462. The number of nitrogens with two attached hydrogens (primary N) is 1. The fourth-order valence-electron chi connectivity index (χ4n) is 2.69. The maximum atomic E-state index is 10.2. The van der Waals surface area contributed by atoms with Crippen molar-refractivity contribution < 1.29 is 24.8 Å². The standard InChI is InChI=1S/C13H17N5O5/c1-22-11(15)5-2-18(12-7(5)10(14)16-4-17-12)13-9(21)8(20)6(3-19)23-13/h2,4,6,8-9,13,15,19-21H,3H2,1H3,(H2,14,16,17)/t6-,8-,9-,13?/m1/s1. The second-order valence-corrected chi connectivity index (χ2v) is 5.17. The molecule has 0 aromatic carbocycles. The van der Waals surface area contributed by atoms with Gasteiger partial charge in [0.15, 0.2) is 6.23 Å². The number of fused-ring (bicyclic) bond motifs is 1. The van der Waals surface area contributed by atoms with E-state index >= 15 is 0 Å². The number of aliphatic hydroxyl groups excluding tert-OH is 3. The van der Waals surface area contributed by atoms with Crippen LogP contribution in [-0.4, -0.2) is 67.8 Å². The third-order valence-electron chi connectivity index (χ3n) is 3.88. The van der Waals surface area contributed by atoms with Gasteiger partial charge >= 0.3 is 0 Å². The van der Waals surface area contributed by atoms with Gasteiger partial charge in [0.1, 0.15) is 36.1 Å². The lowest BCUT2D eigenvalue weighted by atomic mass is 10.1. The van der Waals surface area contributed by atoms with Crippen LogP contribution in [0.2, 0.25) is 0 Å². The van der Waals surface area contributed by atoms with Gasteiger partial charge in [-0.15, -0.1) is 0 Å². The molecule has 0 spiro atoms. The van der Waals surface area contributed by atoms with Crippen molar-refractivity contribution >= 4 is 22.7 Å². The highest BCUT2D eigenvalue weighted by Gasteiger charge is 2.44. The van der Waals surface area contributed by atoms with Crippen molar-refractivity contribution in [2.24, 2.45) is 0 Å². The number of aliphatic hydroxyl groups is 3. The average molecular weight is 323 g/mol. The first-order valence-electron chi connectivity index (χ1n) is 6.86. The molecule has 124 valence electrons. The van der Waals surface area contributed by atoms with Gasteiger partial charge in [-0.1, -0.05) is 0 Å². The van der Waals surface area contributed by atoms with E-state index in [-0.39, 0.29) is 11.7 Å². The van der Waals surface area contributed by atoms with E-state index in [1.165, 1.54) is 24.2 Å². The molecule has 10 nitrogen and oxygen atoms in total. The third-order valence-corrected chi connectivity index (χ3v) is 3.88. The Morgan fingerprint density at radius 3 is 2.78 bits per heavy atom. The van der Waals surface area contributed by atoms with Crippen molar-refractivity contribution in [2.45, 2.75) is 24.5 Å². The topological polar surface area (TPSA) is 160 Å². The van der Waals surface area contributed by atoms with Crippen LogP contribution in [0, 0.1) is 5.41 Å². The zero-order valence-electron chi connectivity index (χ0n) is 12.2. The summed E-state index contributed by atoms with van der Waals surface area (Å²) in [6, 6.07) is 0. The summed E-state index contributed by atoms with van der Waals surface area (Å²) in [5, 5.41) is 37.5. The van der Waals surface area contributed by atoms with E-state index in [1.54, 1.807) is 0 Å². The molecule has 0 bridgehead atoms. The summed E-state index contributed by atoms with van der Waals surface area (Å²) in [7, 11) is 1.35. The van der Waals surface area contributed by atoms with E-state index in [0.29, 0.717) is 16.6 Å². The van der Waals surface area contributed by atoms with Gasteiger partial charge in [0, 0.05) is 6.20 Å². The number of ether oxygens (including phenoxy) is 2. The Bertz CT molecular complexity index is 748. The summed E-state index contributed by atoms with van der Waals surface area (Å²) in [5.41, 5.74) is 6.52. The molecular formula is C13H17N5O5. The van der Waals surface area contributed by atoms with Gasteiger partial charge in [-0.05, 0) is 0 Å². The summed E-state index contributed by atoms with van der Waals surface area (Å²) in [6.07, 6.45) is -1.69. The fourth-order valence-corrected chi connectivity index (χ4v) is 2.69. The minimum atomic E-state index is -1.27. The van der Waals surface area contributed by atoms with Crippen molar-refractivity contribution in [3.05, 3.63) is 18.1 Å². The highest BCUT2D eigenvalue weighted by atomic mass is 16.6. The summed E-state index contributed by atoms with van der Waals surface area (Å²) < 4.78 is 11.9. The number of anilines is 1. The summed E-state index contributed by atoms with van der Waals surface area (Å²) >= 11 is 0. The largest absolute Gasteiger partial charge is 0.481 e. The average Bonchev–Trinajstić information content (AvgIpc) is 3.07. The highest BCUT2D eigenvalue weighted by Crippen LogP contribution is 2.34. The maximum Gasteiger partial charge on any atom is 0.215 e. The summed E-state index contributed by atoms with van der Waals surface area (Å²) in [6.45, 7) is -0.439. The molecule has 3 heterocycles. The van der Waals surface area contributed by atoms with E-state index in [4.69, 9.17) is 20.6 Å². The Morgan fingerprint density at radius 1 is 1.43 bits per heavy atom. The predicted octanol–water partition coefficient (Wildman–Crippen LogP) is -1.40. The maximum absolute atomic E-state index is 10.2. The van der Waals surface area contributed by atoms with E-state index in [9.17, 15) is 15.3 Å². The smallest absolute Gasteiger partial charge is 0.215 e. The van der Waals surface area contributed by atoms with Crippen LogP contribution < -0.4 is 5.73 Å². The Hall–Kier alpha value is -2.27. The zero-order valence-corrected chi connectivity index (χ0v) is 12.2. The third kappa shape index (κ3) is 2.32. The minimum absolute atomic E-state index is 0.150. The van der Waals surface area contributed by atoms with Gasteiger partial charge in [-0.25, -0.2) is 9.97 Å². The van der Waals surface area contributed by atoms with Crippen molar-refractivity contribution in [1.82, 2.24) is 14.5 Å². The molecule has 3 rings (SSSR count). The normalized spacial score (nSPS) is 27.5. The van der Waals surface area contributed by atoms with Crippen molar-refractivity contribution in [2.75, 3.05) is 19.5 Å². The summed E-state index contributed by atoms with van der Waals surface area (Å²) in [4.78, 5) is 8.02. The molecule has 10 heteroatoms. The zero-order chi connectivity index (χ0) is 16.7. The van der Waals surface area contributed by atoms with Crippen LogP contribution in [0.15, 0.2) is 12.5 Å². The quantitative estimate of drug-likeness (QED) is 0.340. The first-order valence-corrected chi connectivity index (χ1v) is 6.86. The first kappa shape index (κ1) is 15.6. The number of hydrogen-bond donors (Lipinski definition) is 5. The molecule has 23 heavy (non-hydrogen) atoms. The second-order valence-electron chi connectivity index (χ2n) is 5.17. The summed E-state index contributed by atoms with van der Waals surface area (Å²) in [5.74, 6) is -0.000660. The Kier molecular flexibility index (Phi) is 3.90. The lowest BCUT2D eigenvalue weighted by molar-refractivity contribution is -0.0508. The molecule has 0 amide bonds. The molecule has 4 atom stereocenters.